The number of benzene rings is 1. The number of amides is 1. The van der Waals surface area contributed by atoms with E-state index >= 15 is 0 Å². The first-order chi connectivity index (χ1) is 15.6. The molecule has 1 aliphatic carbocycles. The van der Waals surface area contributed by atoms with E-state index in [9.17, 15) is 13.6 Å². The Morgan fingerprint density at radius 3 is 2.88 bits per heavy atom. The molecule has 0 saturated heterocycles. The van der Waals surface area contributed by atoms with Gasteiger partial charge >= 0.3 is 0 Å². The van der Waals surface area contributed by atoms with Gasteiger partial charge < -0.3 is 9.88 Å². The minimum absolute atomic E-state index is 0.0620. The zero-order chi connectivity index (χ0) is 22.1. The van der Waals surface area contributed by atoms with Gasteiger partial charge in [-0.1, -0.05) is 17.8 Å². The minimum Gasteiger partial charge on any atom is -0.303 e. The Hall–Kier alpha value is -2.63. The number of nitrogens with zero attached hydrogens (tertiary/aromatic N) is 4. The van der Waals surface area contributed by atoms with Crippen LogP contribution in [-0.4, -0.2) is 31.4 Å². The lowest BCUT2D eigenvalue weighted by Gasteiger charge is -2.08. The van der Waals surface area contributed by atoms with Crippen LogP contribution in [0.3, 0.4) is 0 Å². The molecule has 3 heterocycles. The van der Waals surface area contributed by atoms with Crippen molar-refractivity contribution >= 4 is 45.5 Å². The van der Waals surface area contributed by atoms with Crippen LogP contribution in [0.4, 0.5) is 13.9 Å². The van der Waals surface area contributed by atoms with Crippen LogP contribution < -0.4 is 5.32 Å². The Labute approximate surface area is 194 Å². The number of thiazole rings is 1. The molecule has 1 saturated carbocycles. The predicted molar refractivity (Wildman–Crippen MR) is 122 cm³/mol. The molecule has 5 rings (SSSR count). The number of thioether (sulfide) groups is 1. The molecule has 11 heteroatoms. The van der Waals surface area contributed by atoms with Gasteiger partial charge in [-0.15, -0.1) is 32.9 Å². The van der Waals surface area contributed by atoms with Crippen molar-refractivity contribution in [2.45, 2.75) is 30.5 Å². The van der Waals surface area contributed by atoms with Crippen molar-refractivity contribution in [3.05, 3.63) is 63.4 Å². The van der Waals surface area contributed by atoms with E-state index in [2.05, 4.69) is 31.1 Å². The van der Waals surface area contributed by atoms with Crippen molar-refractivity contribution in [3.8, 4) is 11.3 Å². The summed E-state index contributed by atoms with van der Waals surface area (Å²) >= 11 is 4.18. The third-order valence-electron chi connectivity index (χ3n) is 4.85. The fourth-order valence-corrected chi connectivity index (χ4v) is 5.48. The molecule has 0 atom stereocenters. The molecule has 0 aliphatic heterocycles. The molecule has 1 aliphatic rings. The Kier molecular flexibility index (Phi) is 6.03. The maximum Gasteiger partial charge on any atom is 0.236 e. The number of carbonyl (C=O) groups is 1. The van der Waals surface area contributed by atoms with Crippen molar-refractivity contribution in [1.29, 1.82) is 0 Å². The van der Waals surface area contributed by atoms with Crippen molar-refractivity contribution in [1.82, 2.24) is 19.7 Å². The Bertz CT molecular complexity index is 1250. The summed E-state index contributed by atoms with van der Waals surface area (Å²) in [6, 6.07) is 7.69. The molecular weight excluding hydrogens is 472 g/mol. The smallest absolute Gasteiger partial charge is 0.236 e. The molecule has 1 N–H and O–H groups in total. The molecule has 1 amide bonds. The number of halogens is 2. The number of hydrogen-bond acceptors (Lipinski definition) is 7. The van der Waals surface area contributed by atoms with E-state index in [4.69, 9.17) is 0 Å². The summed E-state index contributed by atoms with van der Waals surface area (Å²) in [5.74, 6) is -0.301. The monoisotopic (exact) mass is 489 g/mol. The van der Waals surface area contributed by atoms with Crippen LogP contribution >= 0.6 is 34.4 Å². The molecule has 0 bridgehead atoms. The minimum atomic E-state index is -0.567. The highest BCUT2D eigenvalue weighted by Gasteiger charge is 2.30. The number of carbonyl (C=O) groups excluding carboxylic acids is 1. The highest BCUT2D eigenvalue weighted by atomic mass is 32.2. The second-order valence-corrected chi connectivity index (χ2v) is 10.1. The van der Waals surface area contributed by atoms with Crippen LogP contribution in [0, 0.1) is 11.6 Å². The van der Waals surface area contributed by atoms with Gasteiger partial charge in [0.05, 0.1) is 11.4 Å². The van der Waals surface area contributed by atoms with E-state index in [1.165, 1.54) is 16.6 Å². The fourth-order valence-electron chi connectivity index (χ4n) is 3.23. The van der Waals surface area contributed by atoms with Crippen LogP contribution in [0.15, 0.2) is 46.2 Å². The predicted octanol–water partition coefficient (Wildman–Crippen LogP) is 5.40. The van der Waals surface area contributed by atoms with Gasteiger partial charge in [0, 0.05) is 28.3 Å². The van der Waals surface area contributed by atoms with Crippen molar-refractivity contribution < 1.29 is 13.6 Å². The first-order valence-electron chi connectivity index (χ1n) is 9.86. The molecule has 32 heavy (non-hydrogen) atoms. The van der Waals surface area contributed by atoms with E-state index in [0.29, 0.717) is 11.2 Å². The zero-order valence-electron chi connectivity index (χ0n) is 16.6. The molecule has 1 aromatic carbocycles. The summed E-state index contributed by atoms with van der Waals surface area (Å²) in [6.45, 7) is 0. The average Bonchev–Trinajstić information content (AvgIpc) is 3.15. The Balaban J connectivity index is 1.23. The van der Waals surface area contributed by atoms with Crippen LogP contribution in [-0.2, 0) is 11.2 Å². The van der Waals surface area contributed by atoms with Crippen LogP contribution in [0.1, 0.15) is 29.6 Å². The number of thiophene rings is 1. The molecule has 1 fully saturated rings. The maximum atomic E-state index is 14.0. The normalized spacial score (nSPS) is 13.4. The van der Waals surface area contributed by atoms with Gasteiger partial charge in [-0.25, -0.2) is 13.8 Å². The molecule has 4 aromatic rings. The van der Waals surface area contributed by atoms with Gasteiger partial charge in [0.2, 0.25) is 5.91 Å². The third-order valence-corrected chi connectivity index (χ3v) is 7.42. The molecular formula is C21H17F2N5OS3. The van der Waals surface area contributed by atoms with Crippen molar-refractivity contribution in [2.24, 2.45) is 0 Å². The summed E-state index contributed by atoms with van der Waals surface area (Å²) < 4.78 is 29.5. The summed E-state index contributed by atoms with van der Waals surface area (Å²) in [5.41, 5.74) is 0.341. The first kappa shape index (κ1) is 21.2. The van der Waals surface area contributed by atoms with Gasteiger partial charge in [-0.2, -0.15) is 0 Å². The molecule has 3 aromatic heterocycles. The lowest BCUT2D eigenvalue weighted by atomic mass is 10.1. The molecule has 0 spiro atoms. The third kappa shape index (κ3) is 4.74. The second-order valence-electron chi connectivity index (χ2n) is 7.26. The highest BCUT2D eigenvalue weighted by molar-refractivity contribution is 7.99. The topological polar surface area (TPSA) is 72.7 Å². The maximum absolute atomic E-state index is 14.0. The van der Waals surface area contributed by atoms with Gasteiger partial charge in [-0.3, -0.25) is 4.79 Å². The van der Waals surface area contributed by atoms with Crippen LogP contribution in [0.25, 0.3) is 11.3 Å². The molecule has 0 radical (unpaired) electrons. The standard InChI is InChI=1S/C21H17F2N5OS3/c22-12-3-6-16(23)15(8-12)17-10-31-20(24-17)25-19(29)11-32-21-27-26-18(28(21)13-4-5-13)9-14-2-1-7-30-14/h1-3,6-8,10,13H,4-5,9,11H2,(H,24,25,29). The van der Waals surface area contributed by atoms with E-state index in [0.717, 1.165) is 59.8 Å². The Morgan fingerprint density at radius 1 is 1.22 bits per heavy atom. The fraction of sp³-hybridized carbons (Fsp3) is 0.238. The SMILES string of the molecule is O=C(CSc1nnc(Cc2cccs2)n1C1CC1)Nc1nc(-c2cc(F)ccc2F)cs1. The van der Waals surface area contributed by atoms with Gasteiger partial charge in [0.15, 0.2) is 10.3 Å². The summed E-state index contributed by atoms with van der Waals surface area (Å²) in [5, 5.41) is 16.1. The number of rotatable bonds is 8. The van der Waals surface area contributed by atoms with E-state index < -0.39 is 11.6 Å². The first-order valence-corrected chi connectivity index (χ1v) is 12.6. The molecule has 164 valence electrons. The lowest BCUT2D eigenvalue weighted by molar-refractivity contribution is -0.113. The Morgan fingerprint density at radius 2 is 2.09 bits per heavy atom. The van der Waals surface area contributed by atoms with E-state index in [1.54, 1.807) is 16.7 Å². The summed E-state index contributed by atoms with van der Waals surface area (Å²) in [4.78, 5) is 17.9. The number of anilines is 1. The van der Waals surface area contributed by atoms with Crippen LogP contribution in [0.5, 0.6) is 0 Å². The summed E-state index contributed by atoms with van der Waals surface area (Å²) in [6.07, 6.45) is 2.91. The quantitative estimate of drug-likeness (QED) is 0.336. The number of aromatic nitrogens is 4. The highest BCUT2D eigenvalue weighted by Crippen LogP contribution is 2.39. The van der Waals surface area contributed by atoms with E-state index in [1.807, 2.05) is 11.4 Å². The second kappa shape index (κ2) is 9.08. The molecule has 0 unspecified atom stereocenters. The summed E-state index contributed by atoms with van der Waals surface area (Å²) in [7, 11) is 0. The number of nitrogens with one attached hydrogen (secondary N) is 1. The van der Waals surface area contributed by atoms with Gasteiger partial charge in [0.25, 0.3) is 0 Å². The van der Waals surface area contributed by atoms with Gasteiger partial charge in [0.1, 0.15) is 17.5 Å². The lowest BCUT2D eigenvalue weighted by Crippen LogP contribution is -2.14. The largest absolute Gasteiger partial charge is 0.303 e. The zero-order valence-corrected chi connectivity index (χ0v) is 19.1. The van der Waals surface area contributed by atoms with E-state index in [-0.39, 0.29) is 22.9 Å². The average molecular weight is 490 g/mol. The van der Waals surface area contributed by atoms with Crippen LogP contribution in [0.2, 0.25) is 0 Å². The van der Waals surface area contributed by atoms with Gasteiger partial charge in [-0.05, 0) is 42.5 Å². The number of hydrogen-bond donors (Lipinski definition) is 1. The van der Waals surface area contributed by atoms with Crippen molar-refractivity contribution in [2.75, 3.05) is 11.1 Å². The molecule has 6 nitrogen and oxygen atoms in total. The van der Waals surface area contributed by atoms with Crippen molar-refractivity contribution in [3.63, 3.8) is 0 Å².